The van der Waals surface area contributed by atoms with Gasteiger partial charge in [-0.25, -0.2) is 8.42 Å². The lowest BCUT2D eigenvalue weighted by atomic mass is 10.2. The van der Waals surface area contributed by atoms with Gasteiger partial charge in [-0.3, -0.25) is 0 Å². The maximum atomic E-state index is 12.5. The second-order valence-corrected chi connectivity index (χ2v) is 6.54. The van der Waals surface area contributed by atoms with Crippen molar-refractivity contribution in [3.63, 3.8) is 0 Å². The van der Waals surface area contributed by atoms with Gasteiger partial charge in [0, 0.05) is 12.1 Å². The van der Waals surface area contributed by atoms with Crippen LogP contribution in [0, 0.1) is 11.3 Å². The van der Waals surface area contributed by atoms with Gasteiger partial charge in [-0.15, -0.1) is 0 Å². The van der Waals surface area contributed by atoms with E-state index >= 15 is 0 Å². The number of hydrogen-bond donors (Lipinski definition) is 0. The predicted octanol–water partition coefficient (Wildman–Crippen LogP) is 2.63. The number of furan rings is 1. The molecule has 0 bridgehead atoms. The van der Waals surface area contributed by atoms with E-state index in [4.69, 9.17) is 21.3 Å². The van der Waals surface area contributed by atoms with Crippen LogP contribution >= 0.6 is 11.6 Å². The maximum Gasteiger partial charge on any atom is 0.244 e. The van der Waals surface area contributed by atoms with Gasteiger partial charge in [0.25, 0.3) is 0 Å². The van der Waals surface area contributed by atoms with E-state index in [1.807, 2.05) is 6.07 Å². The summed E-state index contributed by atoms with van der Waals surface area (Å²) in [6.07, 6.45) is 1.47. The van der Waals surface area contributed by atoms with Crippen LogP contribution in [0.2, 0.25) is 5.02 Å². The number of rotatable bonds is 4. The van der Waals surface area contributed by atoms with E-state index in [9.17, 15) is 8.42 Å². The molecule has 0 N–H and O–H groups in total. The third-order valence-electron chi connectivity index (χ3n) is 2.71. The molecule has 0 aliphatic heterocycles. The van der Waals surface area contributed by atoms with Gasteiger partial charge in [0.1, 0.15) is 16.7 Å². The second-order valence-electron chi connectivity index (χ2n) is 4.09. The molecule has 0 radical (unpaired) electrons. The van der Waals surface area contributed by atoms with Crippen LogP contribution < -0.4 is 0 Å². The van der Waals surface area contributed by atoms with Gasteiger partial charge in [0.15, 0.2) is 0 Å². The lowest BCUT2D eigenvalue weighted by molar-refractivity contribution is 0.406. The van der Waals surface area contributed by atoms with Crippen molar-refractivity contribution in [1.29, 1.82) is 5.26 Å². The molecule has 1 aromatic heterocycles. The highest BCUT2D eigenvalue weighted by molar-refractivity contribution is 7.89. The van der Waals surface area contributed by atoms with Crippen LogP contribution in [-0.4, -0.2) is 19.8 Å². The van der Waals surface area contributed by atoms with E-state index in [0.717, 1.165) is 4.31 Å². The summed E-state index contributed by atoms with van der Waals surface area (Å²) in [5.41, 5.74) is 0.0562. The average molecular weight is 311 g/mol. The Hall–Kier alpha value is -1.81. The molecule has 0 saturated heterocycles. The highest BCUT2D eigenvalue weighted by atomic mass is 35.5. The molecule has 0 unspecified atom stereocenters. The van der Waals surface area contributed by atoms with Crippen LogP contribution in [0.3, 0.4) is 0 Å². The number of benzene rings is 1. The largest absolute Gasteiger partial charge is 0.468 e. The summed E-state index contributed by atoms with van der Waals surface area (Å²) in [6, 6.07) is 9.34. The van der Waals surface area contributed by atoms with Crippen LogP contribution in [0.4, 0.5) is 0 Å². The molecule has 1 aromatic carbocycles. The lowest BCUT2D eigenvalue weighted by Crippen LogP contribution is -2.27. The minimum absolute atomic E-state index is 0.0562. The van der Waals surface area contributed by atoms with E-state index in [1.54, 1.807) is 12.1 Å². The smallest absolute Gasteiger partial charge is 0.244 e. The Morgan fingerprint density at radius 3 is 2.75 bits per heavy atom. The molecule has 2 rings (SSSR count). The Labute approximate surface area is 122 Å². The Bertz CT molecular complexity index is 748. The highest BCUT2D eigenvalue weighted by Crippen LogP contribution is 2.24. The minimum Gasteiger partial charge on any atom is -0.468 e. The zero-order valence-corrected chi connectivity index (χ0v) is 12.1. The molecule has 0 amide bonds. The molecule has 1 heterocycles. The Morgan fingerprint density at radius 2 is 2.15 bits per heavy atom. The van der Waals surface area contributed by atoms with Crippen LogP contribution in [0.5, 0.6) is 0 Å². The molecule has 0 atom stereocenters. The Morgan fingerprint density at radius 1 is 1.40 bits per heavy atom. The van der Waals surface area contributed by atoms with Gasteiger partial charge in [-0.05, 0) is 30.3 Å². The minimum atomic E-state index is -3.81. The first-order chi connectivity index (χ1) is 9.45. The topological polar surface area (TPSA) is 74.3 Å². The van der Waals surface area contributed by atoms with Crippen molar-refractivity contribution in [2.24, 2.45) is 0 Å². The first-order valence-electron chi connectivity index (χ1n) is 5.63. The number of nitriles is 1. The fourth-order valence-electron chi connectivity index (χ4n) is 1.68. The molecule has 0 saturated carbocycles. The SMILES string of the molecule is CN(Cc1ccco1)S(=O)(=O)c1cc(Cl)ccc1C#N. The molecule has 0 aliphatic carbocycles. The summed E-state index contributed by atoms with van der Waals surface area (Å²) >= 11 is 5.82. The fraction of sp³-hybridized carbons (Fsp3) is 0.154. The van der Waals surface area contributed by atoms with Crippen molar-refractivity contribution < 1.29 is 12.8 Å². The van der Waals surface area contributed by atoms with E-state index in [1.165, 1.54) is 31.5 Å². The highest BCUT2D eigenvalue weighted by Gasteiger charge is 2.25. The molecule has 5 nitrogen and oxygen atoms in total. The Kier molecular flexibility index (Phi) is 4.14. The summed E-state index contributed by atoms with van der Waals surface area (Å²) in [7, 11) is -2.40. The summed E-state index contributed by atoms with van der Waals surface area (Å²) in [6.45, 7) is 0.0761. The van der Waals surface area contributed by atoms with Crippen molar-refractivity contribution in [2.45, 2.75) is 11.4 Å². The van der Waals surface area contributed by atoms with E-state index in [2.05, 4.69) is 0 Å². The number of nitrogens with zero attached hydrogens (tertiary/aromatic N) is 2. The molecule has 7 heteroatoms. The molecule has 0 spiro atoms. The van der Waals surface area contributed by atoms with Crippen LogP contribution in [-0.2, 0) is 16.6 Å². The van der Waals surface area contributed by atoms with E-state index in [0.29, 0.717) is 5.76 Å². The van der Waals surface area contributed by atoms with Gasteiger partial charge in [-0.1, -0.05) is 11.6 Å². The Balaban J connectivity index is 2.40. The van der Waals surface area contributed by atoms with Gasteiger partial charge >= 0.3 is 0 Å². The average Bonchev–Trinajstić information content (AvgIpc) is 2.91. The third kappa shape index (κ3) is 2.85. The van der Waals surface area contributed by atoms with Crippen molar-refractivity contribution in [3.05, 3.63) is 52.9 Å². The van der Waals surface area contributed by atoms with Gasteiger partial charge in [-0.2, -0.15) is 9.57 Å². The molecule has 2 aromatic rings. The van der Waals surface area contributed by atoms with Gasteiger partial charge < -0.3 is 4.42 Å². The van der Waals surface area contributed by atoms with Crippen molar-refractivity contribution in [2.75, 3.05) is 7.05 Å². The first kappa shape index (κ1) is 14.6. The molecule has 104 valence electrons. The molecule has 0 fully saturated rings. The van der Waals surface area contributed by atoms with Gasteiger partial charge in [0.05, 0.1) is 18.4 Å². The third-order valence-corrected chi connectivity index (χ3v) is 4.79. The molecule has 0 aliphatic rings. The van der Waals surface area contributed by atoms with Crippen LogP contribution in [0.1, 0.15) is 11.3 Å². The van der Waals surface area contributed by atoms with Crippen molar-refractivity contribution in [1.82, 2.24) is 4.31 Å². The first-order valence-corrected chi connectivity index (χ1v) is 7.45. The zero-order chi connectivity index (χ0) is 14.8. The normalized spacial score (nSPS) is 11.5. The standard InChI is InChI=1S/C13H11ClN2O3S/c1-16(9-12-3-2-6-19-12)20(17,18)13-7-11(14)5-4-10(13)8-15/h2-7H,9H2,1H3. The van der Waals surface area contributed by atoms with Gasteiger partial charge in [0.2, 0.25) is 10.0 Å². The second kappa shape index (κ2) is 5.67. The maximum absolute atomic E-state index is 12.5. The molecule has 20 heavy (non-hydrogen) atoms. The molecular weight excluding hydrogens is 300 g/mol. The zero-order valence-electron chi connectivity index (χ0n) is 10.6. The number of sulfonamides is 1. The quantitative estimate of drug-likeness (QED) is 0.870. The summed E-state index contributed by atoms with van der Waals surface area (Å²) in [5.74, 6) is 0.511. The molecular formula is C13H11ClN2O3S. The van der Waals surface area contributed by atoms with Crippen LogP contribution in [0.25, 0.3) is 0 Å². The summed E-state index contributed by atoms with van der Waals surface area (Å²) < 4.78 is 31.2. The monoisotopic (exact) mass is 310 g/mol. The summed E-state index contributed by atoms with van der Waals surface area (Å²) in [5, 5.41) is 9.27. The van der Waals surface area contributed by atoms with E-state index < -0.39 is 10.0 Å². The van der Waals surface area contributed by atoms with Crippen molar-refractivity contribution >= 4 is 21.6 Å². The van der Waals surface area contributed by atoms with Crippen molar-refractivity contribution in [3.8, 4) is 6.07 Å². The van der Waals surface area contributed by atoms with Crippen LogP contribution in [0.15, 0.2) is 45.9 Å². The fourth-order valence-corrected chi connectivity index (χ4v) is 3.21. The predicted molar refractivity (Wildman–Crippen MR) is 73.5 cm³/mol. The van der Waals surface area contributed by atoms with E-state index in [-0.39, 0.29) is 22.0 Å². The number of halogens is 1. The summed E-state index contributed by atoms with van der Waals surface area (Å²) in [4.78, 5) is -0.110. The number of hydrogen-bond acceptors (Lipinski definition) is 4. The lowest BCUT2D eigenvalue weighted by Gasteiger charge is -2.16.